The lowest BCUT2D eigenvalue weighted by Crippen LogP contribution is -2.29. The highest BCUT2D eigenvalue weighted by Crippen LogP contribution is 2.24. The molecule has 2 rings (SSSR count). The first-order chi connectivity index (χ1) is 9.20. The maximum Gasteiger partial charge on any atom is 0.120 e. The highest BCUT2D eigenvalue weighted by Gasteiger charge is 2.13. The first-order valence-electron chi connectivity index (χ1n) is 6.18. The van der Waals surface area contributed by atoms with Crippen LogP contribution < -0.4 is 16.0 Å². The van der Waals surface area contributed by atoms with Crippen molar-refractivity contribution < 1.29 is 4.74 Å². The zero-order valence-electron chi connectivity index (χ0n) is 11.1. The lowest BCUT2D eigenvalue weighted by molar-refractivity contribution is 0.242. The highest BCUT2D eigenvalue weighted by molar-refractivity contribution is 5.35. The molecule has 0 radical (unpaired) electrons. The summed E-state index contributed by atoms with van der Waals surface area (Å²) < 4.78 is 5.69. The number of nitrogens with two attached hydrogens (primary N) is 1. The predicted molar refractivity (Wildman–Crippen MR) is 73.4 cm³/mol. The molecule has 0 bridgehead atoms. The lowest BCUT2D eigenvalue weighted by Gasteiger charge is -2.17. The van der Waals surface area contributed by atoms with Gasteiger partial charge in [-0.25, -0.2) is 15.4 Å². The number of nitrogens with one attached hydrogen (secondary N) is 1. The largest absolute Gasteiger partial charge is 0.491 e. The van der Waals surface area contributed by atoms with E-state index >= 15 is 0 Å². The topological polar surface area (TPSA) is 73.1 Å². The van der Waals surface area contributed by atoms with Crippen LogP contribution in [0.5, 0.6) is 5.75 Å². The van der Waals surface area contributed by atoms with E-state index in [4.69, 9.17) is 10.6 Å². The van der Waals surface area contributed by atoms with E-state index in [0.29, 0.717) is 0 Å². The van der Waals surface area contributed by atoms with Gasteiger partial charge in [-0.3, -0.25) is 5.84 Å². The zero-order valence-corrected chi connectivity index (χ0v) is 11.1. The van der Waals surface area contributed by atoms with Gasteiger partial charge in [-0.15, -0.1) is 0 Å². The van der Waals surface area contributed by atoms with E-state index in [9.17, 15) is 0 Å². The summed E-state index contributed by atoms with van der Waals surface area (Å²) in [7, 11) is 0. The molecular weight excluding hydrogens is 240 g/mol. The fourth-order valence-electron chi connectivity index (χ4n) is 1.88. The molecule has 0 aliphatic rings. The minimum absolute atomic E-state index is 0.139. The number of benzene rings is 1. The van der Waals surface area contributed by atoms with Gasteiger partial charge in [0.1, 0.15) is 12.1 Å². The Kier molecular flexibility index (Phi) is 4.43. The molecule has 0 aliphatic carbocycles. The van der Waals surface area contributed by atoms with Crippen molar-refractivity contribution in [2.45, 2.75) is 26.0 Å². The summed E-state index contributed by atoms with van der Waals surface area (Å²) in [5, 5.41) is 0. The molecule has 1 aromatic carbocycles. The average Bonchev–Trinajstić information content (AvgIpc) is 2.40. The second-order valence-corrected chi connectivity index (χ2v) is 4.51. The van der Waals surface area contributed by atoms with E-state index in [1.807, 2.05) is 38.1 Å². The molecule has 5 nitrogen and oxygen atoms in total. The van der Waals surface area contributed by atoms with Gasteiger partial charge < -0.3 is 4.74 Å². The molecule has 0 fully saturated rings. The summed E-state index contributed by atoms with van der Waals surface area (Å²) in [4.78, 5) is 8.02. The molecule has 1 unspecified atom stereocenters. The maximum atomic E-state index is 5.69. The first kappa shape index (κ1) is 13.5. The lowest BCUT2D eigenvalue weighted by atomic mass is 10.0. The van der Waals surface area contributed by atoms with Crippen molar-refractivity contribution in [1.29, 1.82) is 0 Å². The Morgan fingerprint density at radius 3 is 2.53 bits per heavy atom. The third-order valence-electron chi connectivity index (χ3n) is 2.64. The number of ether oxygens (including phenoxy) is 1. The van der Waals surface area contributed by atoms with E-state index in [1.54, 1.807) is 12.4 Å². The third-order valence-corrected chi connectivity index (χ3v) is 2.64. The van der Waals surface area contributed by atoms with Crippen molar-refractivity contribution in [3.8, 4) is 5.75 Å². The smallest absolute Gasteiger partial charge is 0.120 e. The van der Waals surface area contributed by atoms with Crippen LogP contribution in [0.25, 0.3) is 0 Å². The van der Waals surface area contributed by atoms with Crippen LogP contribution >= 0.6 is 0 Å². The molecule has 0 saturated heterocycles. The predicted octanol–water partition coefficient (Wildman–Crippen LogP) is 1.82. The molecule has 0 amide bonds. The van der Waals surface area contributed by atoms with E-state index < -0.39 is 0 Å². The van der Waals surface area contributed by atoms with Gasteiger partial charge in [0, 0.05) is 18.0 Å². The Bertz CT molecular complexity index is 516. The van der Waals surface area contributed by atoms with Crippen LogP contribution in [0.1, 0.15) is 31.0 Å². The van der Waals surface area contributed by atoms with Crippen molar-refractivity contribution in [2.24, 2.45) is 5.84 Å². The fourth-order valence-corrected chi connectivity index (χ4v) is 1.88. The standard InChI is InChI=1S/C14H18N4O/c1-10(2)19-13-5-3-4-11(6-13)14(18-15)12-7-16-9-17-8-12/h3-10,14,18H,15H2,1-2H3. The van der Waals surface area contributed by atoms with Gasteiger partial charge >= 0.3 is 0 Å². The van der Waals surface area contributed by atoms with Gasteiger partial charge in [-0.1, -0.05) is 12.1 Å². The van der Waals surface area contributed by atoms with E-state index in [1.165, 1.54) is 6.33 Å². The summed E-state index contributed by atoms with van der Waals surface area (Å²) in [6, 6.07) is 7.68. The van der Waals surface area contributed by atoms with Gasteiger partial charge in [0.25, 0.3) is 0 Å². The third kappa shape index (κ3) is 3.49. The maximum absolute atomic E-state index is 5.69. The van der Waals surface area contributed by atoms with Gasteiger partial charge in [0.15, 0.2) is 0 Å². The molecule has 1 atom stereocenters. The van der Waals surface area contributed by atoms with Crippen molar-refractivity contribution in [2.75, 3.05) is 0 Å². The van der Waals surface area contributed by atoms with Crippen LogP contribution in [0, 0.1) is 0 Å². The Morgan fingerprint density at radius 2 is 1.89 bits per heavy atom. The number of aromatic nitrogens is 2. The van der Waals surface area contributed by atoms with Crippen LogP contribution in [0.2, 0.25) is 0 Å². The van der Waals surface area contributed by atoms with Gasteiger partial charge in [0.05, 0.1) is 12.1 Å². The van der Waals surface area contributed by atoms with Crippen LogP contribution in [-0.4, -0.2) is 16.1 Å². The molecular formula is C14H18N4O. The van der Waals surface area contributed by atoms with Crippen molar-refractivity contribution in [3.05, 3.63) is 54.1 Å². The number of hydrogen-bond acceptors (Lipinski definition) is 5. The van der Waals surface area contributed by atoms with Crippen LogP contribution in [0.3, 0.4) is 0 Å². The quantitative estimate of drug-likeness (QED) is 0.632. The molecule has 2 aromatic rings. The Balaban J connectivity index is 2.28. The average molecular weight is 258 g/mol. The molecule has 19 heavy (non-hydrogen) atoms. The summed E-state index contributed by atoms with van der Waals surface area (Å²) in [5.74, 6) is 6.47. The van der Waals surface area contributed by atoms with E-state index in [2.05, 4.69) is 15.4 Å². The van der Waals surface area contributed by atoms with Crippen molar-refractivity contribution >= 4 is 0 Å². The monoisotopic (exact) mass is 258 g/mol. The van der Waals surface area contributed by atoms with E-state index in [0.717, 1.165) is 16.9 Å². The molecule has 0 spiro atoms. The SMILES string of the molecule is CC(C)Oc1cccc(C(NN)c2cncnc2)c1. The molecule has 1 aromatic heterocycles. The second kappa shape index (κ2) is 6.26. The number of hydrogen-bond donors (Lipinski definition) is 2. The van der Waals surface area contributed by atoms with Gasteiger partial charge in [-0.05, 0) is 31.5 Å². The first-order valence-corrected chi connectivity index (χ1v) is 6.18. The van der Waals surface area contributed by atoms with Crippen molar-refractivity contribution in [3.63, 3.8) is 0 Å². The normalized spacial score (nSPS) is 12.4. The number of hydrazine groups is 1. The van der Waals surface area contributed by atoms with Crippen LogP contribution in [0.4, 0.5) is 0 Å². The van der Waals surface area contributed by atoms with E-state index in [-0.39, 0.29) is 12.1 Å². The van der Waals surface area contributed by atoms with Gasteiger partial charge in [-0.2, -0.15) is 0 Å². The van der Waals surface area contributed by atoms with Gasteiger partial charge in [0.2, 0.25) is 0 Å². The minimum Gasteiger partial charge on any atom is -0.491 e. The Labute approximate surface area is 112 Å². The molecule has 5 heteroatoms. The Morgan fingerprint density at radius 1 is 1.16 bits per heavy atom. The molecule has 3 N–H and O–H groups in total. The number of nitrogens with zero attached hydrogens (tertiary/aromatic N) is 2. The summed E-state index contributed by atoms with van der Waals surface area (Å²) >= 11 is 0. The number of rotatable bonds is 5. The van der Waals surface area contributed by atoms with Crippen molar-refractivity contribution in [1.82, 2.24) is 15.4 Å². The highest BCUT2D eigenvalue weighted by atomic mass is 16.5. The molecule has 1 heterocycles. The summed E-state index contributed by atoms with van der Waals surface area (Å²) in [5.41, 5.74) is 4.70. The fraction of sp³-hybridized carbons (Fsp3) is 0.286. The zero-order chi connectivity index (χ0) is 13.7. The Hall–Kier alpha value is -1.98. The minimum atomic E-state index is -0.156. The molecule has 0 aliphatic heterocycles. The summed E-state index contributed by atoms with van der Waals surface area (Å²) in [6.45, 7) is 3.99. The molecule has 100 valence electrons. The van der Waals surface area contributed by atoms with Crippen LogP contribution in [0.15, 0.2) is 43.0 Å². The molecule has 0 saturated carbocycles. The van der Waals surface area contributed by atoms with Crippen LogP contribution in [-0.2, 0) is 0 Å². The summed E-state index contributed by atoms with van der Waals surface area (Å²) in [6.07, 6.45) is 5.12. The second-order valence-electron chi connectivity index (χ2n) is 4.51.